The van der Waals surface area contributed by atoms with Crippen molar-refractivity contribution in [3.05, 3.63) is 29.8 Å². The predicted octanol–water partition coefficient (Wildman–Crippen LogP) is 1.23. The highest BCUT2D eigenvalue weighted by atomic mass is 16.5. The predicted molar refractivity (Wildman–Crippen MR) is 67.4 cm³/mol. The van der Waals surface area contributed by atoms with Crippen LogP contribution in [0.25, 0.3) is 0 Å². The molecule has 1 rings (SSSR count). The van der Waals surface area contributed by atoms with E-state index >= 15 is 0 Å². The summed E-state index contributed by atoms with van der Waals surface area (Å²) in [6.07, 6.45) is 0.819. The van der Waals surface area contributed by atoms with E-state index in [9.17, 15) is 0 Å². The number of ether oxygens (including phenoxy) is 3. The monoisotopic (exact) mass is 239 g/mol. The van der Waals surface area contributed by atoms with Crippen molar-refractivity contribution < 1.29 is 14.2 Å². The van der Waals surface area contributed by atoms with Gasteiger partial charge in [-0.3, -0.25) is 0 Å². The number of nitrogens with two attached hydrogens (primary N) is 1. The number of hydrogen-bond acceptors (Lipinski definition) is 4. The molecule has 1 aromatic rings. The van der Waals surface area contributed by atoms with Crippen LogP contribution >= 0.6 is 0 Å². The normalized spacial score (nSPS) is 12.4. The van der Waals surface area contributed by atoms with Gasteiger partial charge in [-0.15, -0.1) is 0 Å². The fraction of sp³-hybridized carbons (Fsp3) is 0.538. The Bertz CT molecular complexity index is 300. The van der Waals surface area contributed by atoms with E-state index in [2.05, 4.69) is 0 Å². The second kappa shape index (κ2) is 8.06. The molecular formula is C13H21NO3. The Labute approximate surface area is 103 Å². The van der Waals surface area contributed by atoms with Crippen molar-refractivity contribution in [1.29, 1.82) is 0 Å². The third kappa shape index (κ3) is 5.17. The Morgan fingerprint density at radius 3 is 2.35 bits per heavy atom. The molecule has 0 heterocycles. The fourth-order valence-corrected chi connectivity index (χ4v) is 1.48. The lowest BCUT2D eigenvalue weighted by atomic mass is 10.1. The molecule has 0 radical (unpaired) electrons. The summed E-state index contributed by atoms with van der Waals surface area (Å²) in [6.45, 7) is 1.68. The summed E-state index contributed by atoms with van der Waals surface area (Å²) in [4.78, 5) is 0. The maximum atomic E-state index is 5.68. The van der Waals surface area contributed by atoms with Gasteiger partial charge in [0.2, 0.25) is 0 Å². The van der Waals surface area contributed by atoms with Crippen LogP contribution in [-0.4, -0.2) is 40.1 Å². The van der Waals surface area contributed by atoms with Gasteiger partial charge in [0.1, 0.15) is 11.9 Å². The van der Waals surface area contributed by atoms with Gasteiger partial charge in [-0.05, 0) is 24.1 Å². The van der Waals surface area contributed by atoms with E-state index in [1.54, 1.807) is 14.2 Å². The third-order valence-corrected chi connectivity index (χ3v) is 2.44. The quantitative estimate of drug-likeness (QED) is 0.741. The summed E-state index contributed by atoms with van der Waals surface area (Å²) in [5.74, 6) is 0.818. The van der Waals surface area contributed by atoms with E-state index in [0.29, 0.717) is 13.2 Å². The third-order valence-electron chi connectivity index (χ3n) is 2.44. The van der Waals surface area contributed by atoms with Crippen LogP contribution in [0.2, 0.25) is 0 Å². The highest BCUT2D eigenvalue weighted by molar-refractivity contribution is 5.27. The molecule has 0 aliphatic carbocycles. The van der Waals surface area contributed by atoms with Gasteiger partial charge in [-0.25, -0.2) is 0 Å². The topological polar surface area (TPSA) is 53.7 Å². The molecule has 1 aromatic carbocycles. The number of hydrogen-bond donors (Lipinski definition) is 1. The summed E-state index contributed by atoms with van der Waals surface area (Å²) in [5.41, 5.74) is 6.81. The lowest BCUT2D eigenvalue weighted by Gasteiger charge is -2.16. The van der Waals surface area contributed by atoms with Crippen LogP contribution in [0.15, 0.2) is 24.3 Å². The van der Waals surface area contributed by atoms with Crippen molar-refractivity contribution in [1.82, 2.24) is 0 Å². The molecule has 0 saturated heterocycles. The lowest BCUT2D eigenvalue weighted by molar-refractivity contribution is 0.0860. The zero-order valence-electron chi connectivity index (χ0n) is 10.5. The molecule has 1 unspecified atom stereocenters. The molecule has 0 saturated carbocycles. The van der Waals surface area contributed by atoms with Crippen molar-refractivity contribution >= 4 is 0 Å². The summed E-state index contributed by atoms with van der Waals surface area (Å²) in [6, 6.07) is 7.97. The van der Waals surface area contributed by atoms with E-state index < -0.39 is 0 Å². The van der Waals surface area contributed by atoms with Gasteiger partial charge in [-0.1, -0.05) is 12.1 Å². The fourth-order valence-electron chi connectivity index (χ4n) is 1.48. The van der Waals surface area contributed by atoms with Crippen molar-refractivity contribution in [3.63, 3.8) is 0 Å². The molecule has 4 nitrogen and oxygen atoms in total. The highest BCUT2D eigenvalue weighted by Crippen LogP contribution is 2.14. The molecule has 0 bridgehead atoms. The first-order valence-corrected chi connectivity index (χ1v) is 5.73. The average molecular weight is 239 g/mol. The Balaban J connectivity index is 2.49. The van der Waals surface area contributed by atoms with E-state index in [1.165, 1.54) is 5.56 Å². The molecule has 4 heteroatoms. The first-order valence-electron chi connectivity index (χ1n) is 5.73. The van der Waals surface area contributed by atoms with Crippen molar-refractivity contribution in [2.45, 2.75) is 12.5 Å². The minimum absolute atomic E-state index is 0.0928. The molecule has 96 valence electrons. The standard InChI is InChI=1S/C13H21NO3/c1-15-8-7-11-3-5-12(6-4-11)17-13(9-14)10-16-2/h3-6,13H,7-10,14H2,1-2H3. The lowest BCUT2D eigenvalue weighted by Crippen LogP contribution is -2.31. The molecule has 17 heavy (non-hydrogen) atoms. The molecule has 0 spiro atoms. The van der Waals surface area contributed by atoms with E-state index in [-0.39, 0.29) is 6.10 Å². The van der Waals surface area contributed by atoms with E-state index in [0.717, 1.165) is 18.8 Å². The summed E-state index contributed by atoms with van der Waals surface area (Å²) >= 11 is 0. The van der Waals surface area contributed by atoms with Gasteiger partial charge in [-0.2, -0.15) is 0 Å². The molecule has 0 aromatic heterocycles. The van der Waals surface area contributed by atoms with Gasteiger partial charge in [0.25, 0.3) is 0 Å². The summed E-state index contributed by atoms with van der Waals surface area (Å²) in [5, 5.41) is 0. The Kier molecular flexibility index (Phi) is 6.62. The number of methoxy groups -OCH3 is 2. The first-order chi connectivity index (χ1) is 8.30. The molecule has 0 aliphatic heterocycles. The van der Waals surface area contributed by atoms with Crippen LogP contribution in [0.3, 0.4) is 0 Å². The van der Waals surface area contributed by atoms with Crippen LogP contribution in [0.5, 0.6) is 5.75 Å². The first kappa shape index (κ1) is 14.0. The van der Waals surface area contributed by atoms with Gasteiger partial charge in [0.15, 0.2) is 0 Å². The van der Waals surface area contributed by atoms with Crippen LogP contribution in [0, 0.1) is 0 Å². The Morgan fingerprint density at radius 1 is 1.12 bits per heavy atom. The maximum Gasteiger partial charge on any atom is 0.134 e. The Morgan fingerprint density at radius 2 is 1.82 bits per heavy atom. The molecule has 0 aliphatic rings. The van der Waals surface area contributed by atoms with E-state index in [1.807, 2.05) is 24.3 Å². The van der Waals surface area contributed by atoms with Crippen LogP contribution < -0.4 is 10.5 Å². The second-order valence-electron chi connectivity index (χ2n) is 3.82. The summed E-state index contributed by atoms with van der Waals surface area (Å²) in [7, 11) is 3.34. The zero-order chi connectivity index (χ0) is 12.5. The minimum Gasteiger partial charge on any atom is -0.487 e. The van der Waals surface area contributed by atoms with E-state index in [4.69, 9.17) is 19.9 Å². The summed E-state index contributed by atoms with van der Waals surface area (Å²) < 4.78 is 15.7. The number of benzene rings is 1. The average Bonchev–Trinajstić information content (AvgIpc) is 2.37. The van der Waals surface area contributed by atoms with Crippen LogP contribution in [0.4, 0.5) is 0 Å². The Hall–Kier alpha value is -1.10. The second-order valence-corrected chi connectivity index (χ2v) is 3.82. The van der Waals surface area contributed by atoms with Crippen molar-refractivity contribution in [3.8, 4) is 5.75 Å². The number of rotatable bonds is 8. The highest BCUT2D eigenvalue weighted by Gasteiger charge is 2.07. The zero-order valence-corrected chi connectivity index (χ0v) is 10.5. The maximum absolute atomic E-state index is 5.68. The molecule has 2 N–H and O–H groups in total. The SMILES string of the molecule is COCCc1ccc(OC(CN)COC)cc1. The minimum atomic E-state index is -0.0928. The van der Waals surface area contributed by atoms with Gasteiger partial charge in [0.05, 0.1) is 13.2 Å². The van der Waals surface area contributed by atoms with Crippen molar-refractivity contribution in [2.75, 3.05) is 34.0 Å². The van der Waals surface area contributed by atoms with Gasteiger partial charge in [0, 0.05) is 20.8 Å². The molecule has 1 atom stereocenters. The molecule has 0 fully saturated rings. The smallest absolute Gasteiger partial charge is 0.134 e. The van der Waals surface area contributed by atoms with Crippen molar-refractivity contribution in [2.24, 2.45) is 5.73 Å². The molecule has 0 amide bonds. The van der Waals surface area contributed by atoms with Gasteiger partial charge < -0.3 is 19.9 Å². The van der Waals surface area contributed by atoms with Crippen LogP contribution in [0.1, 0.15) is 5.56 Å². The molecular weight excluding hydrogens is 218 g/mol. The van der Waals surface area contributed by atoms with Gasteiger partial charge >= 0.3 is 0 Å². The van der Waals surface area contributed by atoms with Crippen LogP contribution in [-0.2, 0) is 15.9 Å². The largest absolute Gasteiger partial charge is 0.487 e.